The van der Waals surface area contributed by atoms with Gasteiger partial charge in [-0.05, 0) is 37.7 Å². The van der Waals surface area contributed by atoms with E-state index in [1.54, 1.807) is 6.20 Å². The van der Waals surface area contributed by atoms with Gasteiger partial charge < -0.3 is 14.8 Å². The molecule has 20 heavy (non-hydrogen) atoms. The van der Waals surface area contributed by atoms with E-state index in [4.69, 9.17) is 9.47 Å². The largest absolute Gasteiger partial charge is 0.492 e. The molecular formula is C16H20N2O2. The molecule has 106 valence electrons. The molecule has 1 aromatic carbocycles. The molecule has 2 rings (SSSR count). The molecule has 0 spiro atoms. The molecule has 1 unspecified atom stereocenters. The van der Waals surface area contributed by atoms with Crippen LogP contribution in [-0.4, -0.2) is 25.2 Å². The van der Waals surface area contributed by atoms with Gasteiger partial charge >= 0.3 is 0 Å². The van der Waals surface area contributed by atoms with E-state index < -0.39 is 0 Å². The van der Waals surface area contributed by atoms with Crippen LogP contribution in [0.5, 0.6) is 11.5 Å². The highest BCUT2D eigenvalue weighted by Gasteiger charge is 2.11. The zero-order valence-corrected chi connectivity index (χ0v) is 11.9. The number of likely N-dealkylation sites (N-methyl/N-ethyl adjacent to an activating group) is 1. The van der Waals surface area contributed by atoms with Gasteiger partial charge in [0, 0.05) is 6.20 Å². The van der Waals surface area contributed by atoms with E-state index in [0.717, 1.165) is 17.1 Å². The van der Waals surface area contributed by atoms with Crippen molar-refractivity contribution in [1.29, 1.82) is 0 Å². The molecule has 1 heterocycles. The van der Waals surface area contributed by atoms with Gasteiger partial charge in [-0.15, -0.1) is 0 Å². The van der Waals surface area contributed by atoms with Crippen molar-refractivity contribution in [3.05, 3.63) is 54.4 Å². The molecule has 4 heteroatoms. The molecule has 0 saturated carbocycles. The monoisotopic (exact) mass is 272 g/mol. The number of ether oxygens (including phenoxy) is 2. The zero-order valence-electron chi connectivity index (χ0n) is 11.9. The maximum absolute atomic E-state index is 5.78. The predicted molar refractivity (Wildman–Crippen MR) is 79.1 cm³/mol. The second-order valence-electron chi connectivity index (χ2n) is 4.35. The summed E-state index contributed by atoms with van der Waals surface area (Å²) in [6.45, 7) is 3.13. The fourth-order valence-electron chi connectivity index (χ4n) is 1.91. The van der Waals surface area contributed by atoms with Crippen molar-refractivity contribution in [2.45, 2.75) is 13.0 Å². The maximum atomic E-state index is 5.78. The molecule has 0 radical (unpaired) electrons. The summed E-state index contributed by atoms with van der Waals surface area (Å²) >= 11 is 0. The summed E-state index contributed by atoms with van der Waals surface area (Å²) in [5.41, 5.74) is 1.05. The van der Waals surface area contributed by atoms with Gasteiger partial charge in [0.1, 0.15) is 18.1 Å². The number of aromatic nitrogens is 1. The van der Waals surface area contributed by atoms with Crippen LogP contribution in [-0.2, 0) is 0 Å². The molecule has 0 bridgehead atoms. The number of hydrogen-bond donors (Lipinski definition) is 1. The van der Waals surface area contributed by atoms with Crippen molar-refractivity contribution in [3.8, 4) is 11.5 Å². The van der Waals surface area contributed by atoms with E-state index in [9.17, 15) is 0 Å². The Morgan fingerprint density at radius 2 is 1.90 bits per heavy atom. The number of benzene rings is 1. The first-order valence-electron chi connectivity index (χ1n) is 6.76. The average Bonchev–Trinajstić information content (AvgIpc) is 2.50. The van der Waals surface area contributed by atoms with Gasteiger partial charge in [-0.3, -0.25) is 4.98 Å². The molecular weight excluding hydrogens is 252 g/mol. The number of para-hydroxylation sites is 1. The molecule has 0 aliphatic rings. The molecule has 0 saturated heterocycles. The quantitative estimate of drug-likeness (QED) is 0.841. The van der Waals surface area contributed by atoms with Crippen LogP contribution in [0.3, 0.4) is 0 Å². The number of nitrogens with zero attached hydrogens (tertiary/aromatic N) is 1. The third kappa shape index (κ3) is 3.96. The van der Waals surface area contributed by atoms with Crippen LogP contribution < -0.4 is 14.8 Å². The minimum atomic E-state index is 0.0723. The molecule has 1 aromatic heterocycles. The van der Waals surface area contributed by atoms with E-state index >= 15 is 0 Å². The van der Waals surface area contributed by atoms with Crippen LogP contribution in [0.2, 0.25) is 0 Å². The molecule has 1 atom stereocenters. The standard InChI is InChI=1S/C16H20N2O2/c1-3-19-15-9-13(10-18-11-15)16(17-2)12-20-14-7-5-4-6-8-14/h4-11,16-17H,3,12H2,1-2H3. The lowest BCUT2D eigenvalue weighted by atomic mass is 10.1. The van der Waals surface area contributed by atoms with Gasteiger partial charge in [0.05, 0.1) is 18.8 Å². The third-order valence-corrected chi connectivity index (χ3v) is 2.96. The van der Waals surface area contributed by atoms with Crippen molar-refractivity contribution in [3.63, 3.8) is 0 Å². The van der Waals surface area contributed by atoms with Crippen molar-refractivity contribution in [2.75, 3.05) is 20.3 Å². The van der Waals surface area contributed by atoms with Crippen LogP contribution in [0.1, 0.15) is 18.5 Å². The Labute approximate surface area is 119 Å². The highest BCUT2D eigenvalue weighted by Crippen LogP contribution is 2.19. The first-order valence-corrected chi connectivity index (χ1v) is 6.76. The van der Waals surface area contributed by atoms with E-state index in [1.165, 1.54) is 0 Å². The molecule has 0 aliphatic carbocycles. The lowest BCUT2D eigenvalue weighted by Crippen LogP contribution is -2.23. The summed E-state index contributed by atoms with van der Waals surface area (Å²) in [5, 5.41) is 3.24. The van der Waals surface area contributed by atoms with Gasteiger partial charge in [-0.2, -0.15) is 0 Å². The van der Waals surface area contributed by atoms with Crippen molar-refractivity contribution in [2.24, 2.45) is 0 Å². The molecule has 2 aromatic rings. The number of hydrogen-bond acceptors (Lipinski definition) is 4. The molecule has 4 nitrogen and oxygen atoms in total. The Hall–Kier alpha value is -2.07. The summed E-state index contributed by atoms with van der Waals surface area (Å²) in [4.78, 5) is 4.21. The van der Waals surface area contributed by atoms with Crippen LogP contribution in [0.4, 0.5) is 0 Å². The van der Waals surface area contributed by atoms with E-state index in [2.05, 4.69) is 10.3 Å². The third-order valence-electron chi connectivity index (χ3n) is 2.96. The van der Waals surface area contributed by atoms with Gasteiger partial charge in [0.15, 0.2) is 0 Å². The Balaban J connectivity index is 2.02. The van der Waals surface area contributed by atoms with Gasteiger partial charge in [-0.1, -0.05) is 18.2 Å². The summed E-state index contributed by atoms with van der Waals surface area (Å²) in [6, 6.07) is 11.8. The van der Waals surface area contributed by atoms with E-state index in [1.807, 2.05) is 56.6 Å². The second kappa shape index (κ2) is 7.50. The zero-order chi connectivity index (χ0) is 14.2. The average molecular weight is 272 g/mol. The second-order valence-corrected chi connectivity index (χ2v) is 4.35. The topological polar surface area (TPSA) is 43.4 Å². The minimum Gasteiger partial charge on any atom is -0.492 e. The fraction of sp³-hybridized carbons (Fsp3) is 0.312. The first-order chi connectivity index (χ1) is 9.83. The fourth-order valence-corrected chi connectivity index (χ4v) is 1.91. The Kier molecular flexibility index (Phi) is 5.38. The first kappa shape index (κ1) is 14.3. The predicted octanol–water partition coefficient (Wildman–Crippen LogP) is 2.82. The van der Waals surface area contributed by atoms with E-state index in [-0.39, 0.29) is 6.04 Å². The molecule has 0 aliphatic heterocycles. The van der Waals surface area contributed by atoms with Crippen molar-refractivity contribution in [1.82, 2.24) is 10.3 Å². The van der Waals surface area contributed by atoms with Crippen LogP contribution >= 0.6 is 0 Å². The summed E-state index contributed by atoms with van der Waals surface area (Å²) < 4.78 is 11.3. The maximum Gasteiger partial charge on any atom is 0.137 e. The van der Waals surface area contributed by atoms with Crippen molar-refractivity contribution >= 4 is 0 Å². The Morgan fingerprint density at radius 1 is 1.10 bits per heavy atom. The highest BCUT2D eigenvalue weighted by atomic mass is 16.5. The van der Waals surface area contributed by atoms with Gasteiger partial charge in [-0.25, -0.2) is 0 Å². The van der Waals surface area contributed by atoms with Crippen LogP contribution in [0.15, 0.2) is 48.8 Å². The SMILES string of the molecule is CCOc1cncc(C(COc2ccccc2)NC)c1. The van der Waals surface area contributed by atoms with Gasteiger partial charge in [0.25, 0.3) is 0 Å². The van der Waals surface area contributed by atoms with Gasteiger partial charge in [0.2, 0.25) is 0 Å². The Morgan fingerprint density at radius 3 is 2.60 bits per heavy atom. The molecule has 0 fully saturated rings. The summed E-state index contributed by atoms with van der Waals surface area (Å²) in [7, 11) is 1.91. The number of pyridine rings is 1. The molecule has 1 N–H and O–H groups in total. The number of rotatable bonds is 7. The summed E-state index contributed by atoms with van der Waals surface area (Å²) in [5.74, 6) is 1.65. The van der Waals surface area contributed by atoms with E-state index in [0.29, 0.717) is 13.2 Å². The minimum absolute atomic E-state index is 0.0723. The van der Waals surface area contributed by atoms with Crippen LogP contribution in [0, 0.1) is 0 Å². The highest BCUT2D eigenvalue weighted by molar-refractivity contribution is 5.27. The summed E-state index contributed by atoms with van der Waals surface area (Å²) in [6.07, 6.45) is 3.55. The lowest BCUT2D eigenvalue weighted by molar-refractivity contribution is 0.272. The lowest BCUT2D eigenvalue weighted by Gasteiger charge is -2.17. The smallest absolute Gasteiger partial charge is 0.137 e. The number of nitrogens with one attached hydrogen (secondary N) is 1. The molecule has 0 amide bonds. The Bertz CT molecular complexity index is 517. The van der Waals surface area contributed by atoms with Crippen molar-refractivity contribution < 1.29 is 9.47 Å². The van der Waals surface area contributed by atoms with Crippen LogP contribution in [0.25, 0.3) is 0 Å². The normalized spacial score (nSPS) is 11.9.